The van der Waals surface area contributed by atoms with Gasteiger partial charge in [-0.05, 0) is 75.1 Å². The summed E-state index contributed by atoms with van der Waals surface area (Å²) < 4.78 is 0. The molecule has 378 valence electrons. The molecule has 0 unspecified atom stereocenters. The number of amides is 10. The number of unbranched alkanes of at least 4 members (excludes halogenated alkanes) is 1. The van der Waals surface area contributed by atoms with Crippen molar-refractivity contribution in [2.75, 3.05) is 19.7 Å². The van der Waals surface area contributed by atoms with Crippen LogP contribution in [0.3, 0.4) is 0 Å². The van der Waals surface area contributed by atoms with Crippen molar-refractivity contribution in [2.45, 2.75) is 133 Å². The summed E-state index contributed by atoms with van der Waals surface area (Å²) in [7, 11) is 0. The number of aliphatic hydroxyl groups excluding tert-OH is 1. The number of carboxylic acid groups (broad SMARTS) is 1. The summed E-state index contributed by atoms with van der Waals surface area (Å²) in [6, 6.07) is -6.04. The molecule has 1 aromatic carbocycles. The number of nitrogens with zero attached hydrogens (tertiary/aromatic N) is 1. The second-order valence-corrected chi connectivity index (χ2v) is 16.7. The Hall–Kier alpha value is -6.93. The third-order valence-electron chi connectivity index (χ3n) is 10.8. The summed E-state index contributed by atoms with van der Waals surface area (Å²) in [6.07, 6.45) is -1.30. The summed E-state index contributed by atoms with van der Waals surface area (Å²) >= 11 is 0. The van der Waals surface area contributed by atoms with E-state index in [4.69, 9.17) is 28.7 Å². The van der Waals surface area contributed by atoms with Crippen LogP contribution >= 0.6 is 0 Å². The molecule has 1 aromatic rings. The average molecular weight is 963 g/mol. The number of phenolic OH excluding ortho intramolecular Hbond substituents is 1. The van der Waals surface area contributed by atoms with Crippen molar-refractivity contribution < 1.29 is 68.1 Å². The van der Waals surface area contributed by atoms with Crippen LogP contribution < -0.4 is 60.6 Å². The minimum Gasteiger partial charge on any atom is -0.508 e. The van der Waals surface area contributed by atoms with Gasteiger partial charge in [-0.25, -0.2) is 4.79 Å². The zero-order valence-corrected chi connectivity index (χ0v) is 38.1. The first kappa shape index (κ1) is 57.2. The maximum atomic E-state index is 14.5. The van der Waals surface area contributed by atoms with E-state index in [1.54, 1.807) is 13.8 Å². The number of likely N-dealkylation sites (tertiary alicyclic amines) is 1. The van der Waals surface area contributed by atoms with Gasteiger partial charge in [0.2, 0.25) is 59.1 Å². The van der Waals surface area contributed by atoms with Gasteiger partial charge in [-0.2, -0.15) is 0 Å². The van der Waals surface area contributed by atoms with Gasteiger partial charge in [-0.1, -0.05) is 26.0 Å². The number of primary amides is 3. The van der Waals surface area contributed by atoms with Crippen LogP contribution in [0.4, 0.5) is 0 Å². The van der Waals surface area contributed by atoms with Crippen LogP contribution in [0.25, 0.3) is 0 Å². The second-order valence-electron chi connectivity index (χ2n) is 16.7. The highest BCUT2D eigenvalue weighted by atomic mass is 16.4. The highest BCUT2D eigenvalue weighted by molar-refractivity contribution is 5.99. The van der Waals surface area contributed by atoms with Crippen LogP contribution in [-0.2, 0) is 59.2 Å². The lowest BCUT2D eigenvalue weighted by molar-refractivity contribution is -0.143. The highest BCUT2D eigenvalue weighted by Crippen LogP contribution is 2.21. The molecular formula is C42H66N12O14. The average Bonchev–Trinajstić information content (AvgIpc) is 3.77. The number of hydrogen-bond donors (Lipinski definition) is 14. The molecule has 1 fully saturated rings. The molecular weight excluding hydrogens is 897 g/mol. The summed E-state index contributed by atoms with van der Waals surface area (Å²) in [4.78, 5) is 144. The van der Waals surface area contributed by atoms with Gasteiger partial charge in [-0.3, -0.25) is 47.9 Å². The summed E-state index contributed by atoms with van der Waals surface area (Å²) in [5.74, 6) is -11.3. The SMILES string of the molecule is CC(C)[C@H](NC(=O)[C@H](CCCCN)NC(=O)[C@@H]1CCCN1C(=O)[C@H](Cc1ccc(O)cc1)NC(=O)[C@H](CC(N)=O)NC(=O)[C@H](CCC(N)=O)NC(=O)[C@@H](N)CO)C(=O)N[C@@H](CCC(N)=O)C(=O)O. The quantitative estimate of drug-likeness (QED) is 0.0320. The molecule has 19 N–H and O–H groups in total. The molecule has 26 heteroatoms. The van der Waals surface area contributed by atoms with E-state index in [1.807, 2.05) is 0 Å². The third-order valence-corrected chi connectivity index (χ3v) is 10.8. The Morgan fingerprint density at radius 3 is 1.75 bits per heavy atom. The fourth-order valence-corrected chi connectivity index (χ4v) is 7.07. The zero-order valence-electron chi connectivity index (χ0n) is 38.1. The first-order valence-corrected chi connectivity index (χ1v) is 22.0. The molecule has 68 heavy (non-hydrogen) atoms. The lowest BCUT2D eigenvalue weighted by atomic mass is 10.0. The van der Waals surface area contributed by atoms with Gasteiger partial charge in [0.25, 0.3) is 0 Å². The van der Waals surface area contributed by atoms with E-state index in [0.29, 0.717) is 24.8 Å². The number of aromatic hydroxyl groups is 1. The van der Waals surface area contributed by atoms with Crippen LogP contribution in [0, 0.1) is 5.92 Å². The largest absolute Gasteiger partial charge is 0.508 e. The van der Waals surface area contributed by atoms with E-state index in [-0.39, 0.29) is 57.4 Å². The third kappa shape index (κ3) is 19.1. The number of carbonyl (C=O) groups is 11. The van der Waals surface area contributed by atoms with Crippen LogP contribution in [0.5, 0.6) is 5.75 Å². The molecule has 0 aromatic heterocycles. The monoisotopic (exact) mass is 962 g/mol. The number of rotatable bonds is 30. The Morgan fingerprint density at radius 2 is 1.21 bits per heavy atom. The van der Waals surface area contributed by atoms with Crippen molar-refractivity contribution in [2.24, 2.45) is 34.6 Å². The molecule has 1 saturated heterocycles. The molecule has 0 bridgehead atoms. The number of nitrogens with two attached hydrogens (primary N) is 5. The lowest BCUT2D eigenvalue weighted by Gasteiger charge is -2.31. The molecule has 0 aliphatic carbocycles. The van der Waals surface area contributed by atoms with Crippen molar-refractivity contribution in [3.63, 3.8) is 0 Å². The van der Waals surface area contributed by atoms with Crippen molar-refractivity contribution >= 4 is 65.0 Å². The van der Waals surface area contributed by atoms with Gasteiger partial charge in [0, 0.05) is 25.8 Å². The number of nitrogens with one attached hydrogen (secondary N) is 6. The maximum absolute atomic E-state index is 14.5. The molecule has 0 spiro atoms. The molecule has 2 rings (SSSR count). The van der Waals surface area contributed by atoms with Crippen LogP contribution in [0.1, 0.15) is 83.6 Å². The first-order chi connectivity index (χ1) is 32.0. The summed E-state index contributed by atoms with van der Waals surface area (Å²) in [5.41, 5.74) is 27.5. The van der Waals surface area contributed by atoms with E-state index < -0.39 is 139 Å². The Bertz CT molecular complexity index is 1970. The van der Waals surface area contributed by atoms with E-state index in [2.05, 4.69) is 31.9 Å². The molecule has 1 heterocycles. The smallest absolute Gasteiger partial charge is 0.326 e. The molecule has 10 amide bonds. The normalized spacial score (nSPS) is 16.4. The van der Waals surface area contributed by atoms with Crippen molar-refractivity contribution in [1.29, 1.82) is 0 Å². The number of hydrogen-bond acceptors (Lipinski definition) is 15. The Morgan fingerprint density at radius 1 is 0.676 bits per heavy atom. The number of benzene rings is 1. The molecule has 8 atom stereocenters. The number of aliphatic carboxylic acids is 1. The fraction of sp³-hybridized carbons (Fsp3) is 0.595. The van der Waals surface area contributed by atoms with Gasteiger partial charge in [0.15, 0.2) is 0 Å². The topological polar surface area (TPSA) is 454 Å². The van der Waals surface area contributed by atoms with Crippen molar-refractivity contribution in [1.82, 2.24) is 36.8 Å². The number of carboxylic acids is 1. The Labute approximate surface area is 391 Å². The Kier molecular flexibility index (Phi) is 23.8. The molecule has 0 saturated carbocycles. The van der Waals surface area contributed by atoms with Gasteiger partial charge < -0.3 is 80.8 Å². The van der Waals surface area contributed by atoms with Crippen molar-refractivity contribution in [3.05, 3.63) is 29.8 Å². The van der Waals surface area contributed by atoms with E-state index in [1.165, 1.54) is 29.2 Å². The Balaban J connectivity index is 2.44. The molecule has 26 nitrogen and oxygen atoms in total. The van der Waals surface area contributed by atoms with E-state index >= 15 is 0 Å². The van der Waals surface area contributed by atoms with Crippen LogP contribution in [0.2, 0.25) is 0 Å². The summed E-state index contributed by atoms with van der Waals surface area (Å²) in [5, 5.41) is 43.4. The van der Waals surface area contributed by atoms with Gasteiger partial charge in [0.1, 0.15) is 54.1 Å². The zero-order chi connectivity index (χ0) is 51.2. The van der Waals surface area contributed by atoms with Crippen molar-refractivity contribution in [3.8, 4) is 5.75 Å². The molecule has 1 aliphatic heterocycles. The number of carbonyl (C=O) groups excluding carboxylic acids is 10. The van der Waals surface area contributed by atoms with Gasteiger partial charge in [-0.15, -0.1) is 0 Å². The van der Waals surface area contributed by atoms with Crippen LogP contribution in [0.15, 0.2) is 24.3 Å². The summed E-state index contributed by atoms with van der Waals surface area (Å²) in [6.45, 7) is 2.62. The number of phenols is 1. The predicted octanol–water partition coefficient (Wildman–Crippen LogP) is -5.57. The van der Waals surface area contributed by atoms with E-state index in [0.717, 1.165) is 0 Å². The van der Waals surface area contributed by atoms with Gasteiger partial charge >= 0.3 is 5.97 Å². The fourth-order valence-electron chi connectivity index (χ4n) is 7.07. The first-order valence-electron chi connectivity index (χ1n) is 22.0. The second kappa shape index (κ2) is 28.3. The van der Waals surface area contributed by atoms with E-state index in [9.17, 15) is 68.1 Å². The standard InChI is InChI=1S/C42H66N12O14/c1-21(2)34(40(65)50-27(42(67)68)13-15-32(46)58)53-37(62)25(6-3-4-16-43)49-39(64)30-7-5-17-54(30)41(66)29(18-22-8-10-23(56)11-9-22)52-38(63)28(19-33(47)59)51-36(61)26(12-14-31(45)57)48-35(60)24(44)20-55/h8-11,21,24-30,34,55-56H,3-7,12-20,43-44H2,1-2H3,(H2,45,57)(H2,46,58)(H2,47,59)(H,48,60)(H,49,64)(H,50,65)(H,51,61)(H,52,63)(H,53,62)(H,67,68)/t24-,25-,26-,27-,28-,29-,30-,34-/m0/s1. The van der Waals surface area contributed by atoms with Crippen LogP contribution in [-0.4, -0.2) is 153 Å². The minimum atomic E-state index is -1.78. The number of aliphatic hydroxyl groups is 1. The minimum absolute atomic E-state index is 0.00232. The maximum Gasteiger partial charge on any atom is 0.326 e. The predicted molar refractivity (Wildman–Crippen MR) is 239 cm³/mol. The highest BCUT2D eigenvalue weighted by Gasteiger charge is 2.41. The van der Waals surface area contributed by atoms with Gasteiger partial charge in [0.05, 0.1) is 13.0 Å². The molecule has 1 aliphatic rings. The lowest BCUT2D eigenvalue weighted by Crippen LogP contribution is -2.61. The molecule has 0 radical (unpaired) electrons.